The number of hydrogen-bond acceptors (Lipinski definition) is 6. The first-order chi connectivity index (χ1) is 14.4. The SMILES string of the molecule is COc1nc(-c2cnc(Cl)c(NS(=O)(=O)c3ccc(F)cc3)c2)cc2cccnc12. The number of hydrogen-bond donors (Lipinski definition) is 1. The molecule has 7 nitrogen and oxygen atoms in total. The molecule has 1 N–H and O–H groups in total. The van der Waals surface area contributed by atoms with Crippen molar-refractivity contribution in [3.63, 3.8) is 0 Å². The van der Waals surface area contributed by atoms with E-state index in [1.165, 1.54) is 19.4 Å². The monoisotopic (exact) mass is 444 g/mol. The Hall–Kier alpha value is -3.30. The second-order valence-corrected chi connectivity index (χ2v) is 8.25. The van der Waals surface area contributed by atoms with Crippen LogP contribution in [0.2, 0.25) is 5.15 Å². The van der Waals surface area contributed by atoms with E-state index in [0.29, 0.717) is 22.7 Å². The van der Waals surface area contributed by atoms with Gasteiger partial charge in [0, 0.05) is 23.3 Å². The van der Waals surface area contributed by atoms with E-state index in [4.69, 9.17) is 16.3 Å². The fraction of sp³-hybridized carbons (Fsp3) is 0.0500. The number of anilines is 1. The van der Waals surface area contributed by atoms with Gasteiger partial charge in [-0.1, -0.05) is 17.7 Å². The molecule has 4 aromatic rings. The molecule has 152 valence electrons. The fourth-order valence-electron chi connectivity index (χ4n) is 2.82. The maximum absolute atomic E-state index is 13.1. The summed E-state index contributed by atoms with van der Waals surface area (Å²) in [4.78, 5) is 12.7. The lowest BCUT2D eigenvalue weighted by Crippen LogP contribution is -2.13. The van der Waals surface area contributed by atoms with Gasteiger partial charge >= 0.3 is 0 Å². The number of nitrogens with one attached hydrogen (secondary N) is 1. The minimum atomic E-state index is -4.00. The van der Waals surface area contributed by atoms with E-state index in [1.807, 2.05) is 6.07 Å². The Morgan fingerprint density at radius 2 is 1.87 bits per heavy atom. The average molecular weight is 445 g/mol. The Morgan fingerprint density at radius 3 is 2.60 bits per heavy atom. The summed E-state index contributed by atoms with van der Waals surface area (Å²) in [5, 5.41) is 0.751. The number of pyridine rings is 3. The van der Waals surface area contributed by atoms with Crippen molar-refractivity contribution < 1.29 is 17.5 Å². The third kappa shape index (κ3) is 3.89. The molecule has 0 spiro atoms. The summed E-state index contributed by atoms with van der Waals surface area (Å²) >= 11 is 6.10. The molecular formula is C20H14ClFN4O3S. The highest BCUT2D eigenvalue weighted by molar-refractivity contribution is 7.92. The molecule has 0 saturated heterocycles. The molecule has 4 rings (SSSR count). The molecule has 0 fully saturated rings. The molecular weight excluding hydrogens is 431 g/mol. The summed E-state index contributed by atoms with van der Waals surface area (Å²) in [5.41, 5.74) is 1.67. The zero-order valence-corrected chi connectivity index (χ0v) is 17.1. The minimum Gasteiger partial charge on any atom is -0.479 e. The second kappa shape index (κ2) is 7.85. The minimum absolute atomic E-state index is 0.0427. The normalized spacial score (nSPS) is 11.4. The lowest BCUT2D eigenvalue weighted by Gasteiger charge is -2.12. The molecule has 0 atom stereocenters. The number of nitrogens with zero attached hydrogens (tertiary/aromatic N) is 3. The Bertz CT molecular complexity index is 1350. The van der Waals surface area contributed by atoms with E-state index < -0.39 is 15.8 Å². The Morgan fingerprint density at radius 1 is 1.10 bits per heavy atom. The van der Waals surface area contributed by atoms with Gasteiger partial charge in [-0.2, -0.15) is 0 Å². The number of rotatable bonds is 5. The third-order valence-corrected chi connectivity index (χ3v) is 5.93. The fourth-order valence-corrected chi connectivity index (χ4v) is 4.09. The smallest absolute Gasteiger partial charge is 0.261 e. The predicted molar refractivity (Wildman–Crippen MR) is 112 cm³/mol. The van der Waals surface area contributed by atoms with Crippen molar-refractivity contribution in [1.82, 2.24) is 15.0 Å². The lowest BCUT2D eigenvalue weighted by molar-refractivity contribution is 0.403. The standard InChI is InChI=1S/C20H14ClFN4O3S/c1-29-20-18-12(3-2-8-23-18)9-16(25-20)13-10-17(19(21)24-11-13)26-30(27,28)15-6-4-14(22)5-7-15/h2-11,26H,1H3. The number of halogens is 2. The molecule has 0 radical (unpaired) electrons. The molecule has 30 heavy (non-hydrogen) atoms. The van der Waals surface area contributed by atoms with Crippen molar-refractivity contribution in [3.05, 3.63) is 71.9 Å². The van der Waals surface area contributed by atoms with Gasteiger partial charge in [0.05, 0.1) is 23.4 Å². The van der Waals surface area contributed by atoms with Gasteiger partial charge in [-0.15, -0.1) is 0 Å². The summed E-state index contributed by atoms with van der Waals surface area (Å²) in [5.74, 6) is -0.215. The number of methoxy groups -OCH3 is 1. The van der Waals surface area contributed by atoms with Gasteiger partial charge in [-0.25, -0.2) is 22.8 Å². The summed E-state index contributed by atoms with van der Waals surface area (Å²) < 4.78 is 46.1. The number of fused-ring (bicyclic) bond motifs is 1. The zero-order chi connectivity index (χ0) is 21.3. The van der Waals surface area contributed by atoms with Gasteiger partial charge in [0.25, 0.3) is 10.0 Å². The third-order valence-electron chi connectivity index (χ3n) is 4.25. The molecule has 3 heterocycles. The van der Waals surface area contributed by atoms with Crippen LogP contribution in [0.4, 0.5) is 10.1 Å². The van der Waals surface area contributed by atoms with Crippen molar-refractivity contribution >= 4 is 38.2 Å². The van der Waals surface area contributed by atoms with Crippen LogP contribution in [0.3, 0.4) is 0 Å². The first-order valence-corrected chi connectivity index (χ1v) is 10.5. The van der Waals surface area contributed by atoms with Crippen molar-refractivity contribution in [2.45, 2.75) is 4.90 Å². The molecule has 0 unspecified atom stereocenters. The first kappa shape index (κ1) is 20.0. The maximum Gasteiger partial charge on any atom is 0.261 e. The Balaban J connectivity index is 1.75. The van der Waals surface area contributed by atoms with Crippen molar-refractivity contribution in [2.75, 3.05) is 11.8 Å². The number of benzene rings is 1. The summed E-state index contributed by atoms with van der Waals surface area (Å²) in [6, 6.07) is 11.4. The first-order valence-electron chi connectivity index (χ1n) is 8.61. The number of sulfonamides is 1. The van der Waals surface area contributed by atoms with Gasteiger partial charge in [-0.3, -0.25) is 9.71 Å². The molecule has 0 aliphatic rings. The molecule has 3 aromatic heterocycles. The highest BCUT2D eigenvalue weighted by atomic mass is 35.5. The highest BCUT2D eigenvalue weighted by Crippen LogP contribution is 2.31. The summed E-state index contributed by atoms with van der Waals surface area (Å²) in [7, 11) is -2.51. The van der Waals surface area contributed by atoms with Crippen LogP contribution in [0, 0.1) is 5.82 Å². The molecule has 10 heteroatoms. The summed E-state index contributed by atoms with van der Waals surface area (Å²) in [6.07, 6.45) is 3.11. The Labute approximate surface area is 176 Å². The van der Waals surface area contributed by atoms with Crippen LogP contribution in [0.25, 0.3) is 22.2 Å². The topological polar surface area (TPSA) is 94.1 Å². The van der Waals surface area contributed by atoms with Crippen molar-refractivity contribution in [2.24, 2.45) is 0 Å². The highest BCUT2D eigenvalue weighted by Gasteiger charge is 2.18. The quantitative estimate of drug-likeness (QED) is 0.461. The summed E-state index contributed by atoms with van der Waals surface area (Å²) in [6.45, 7) is 0. The molecule has 0 saturated carbocycles. The van der Waals surface area contributed by atoms with E-state index in [-0.39, 0.29) is 15.7 Å². The van der Waals surface area contributed by atoms with Crippen molar-refractivity contribution in [1.29, 1.82) is 0 Å². The lowest BCUT2D eigenvalue weighted by atomic mass is 10.1. The molecule has 0 aliphatic carbocycles. The largest absolute Gasteiger partial charge is 0.479 e. The van der Waals surface area contributed by atoms with E-state index >= 15 is 0 Å². The Kier molecular flexibility index (Phi) is 5.23. The van der Waals surface area contributed by atoms with Gasteiger partial charge < -0.3 is 4.74 Å². The van der Waals surface area contributed by atoms with Crippen LogP contribution in [0.5, 0.6) is 5.88 Å². The van der Waals surface area contributed by atoms with Crippen LogP contribution in [0.1, 0.15) is 0 Å². The second-order valence-electron chi connectivity index (χ2n) is 6.21. The van der Waals surface area contributed by atoms with E-state index in [0.717, 1.165) is 29.7 Å². The maximum atomic E-state index is 13.1. The molecule has 0 bridgehead atoms. The van der Waals surface area contributed by atoms with Gasteiger partial charge in [-0.05, 0) is 42.5 Å². The van der Waals surface area contributed by atoms with Crippen LogP contribution in [0.15, 0.2) is 65.8 Å². The number of ether oxygens (including phenoxy) is 1. The molecule has 1 aromatic carbocycles. The number of aromatic nitrogens is 3. The average Bonchev–Trinajstić information content (AvgIpc) is 2.74. The van der Waals surface area contributed by atoms with Crippen LogP contribution in [-0.4, -0.2) is 30.5 Å². The predicted octanol–water partition coefficient (Wildman–Crippen LogP) is 4.29. The zero-order valence-electron chi connectivity index (χ0n) is 15.5. The van der Waals surface area contributed by atoms with E-state index in [9.17, 15) is 12.8 Å². The van der Waals surface area contributed by atoms with Gasteiger partial charge in [0.2, 0.25) is 5.88 Å². The molecule has 0 amide bonds. The van der Waals surface area contributed by atoms with E-state index in [1.54, 1.807) is 18.3 Å². The van der Waals surface area contributed by atoms with Crippen LogP contribution >= 0.6 is 11.6 Å². The van der Waals surface area contributed by atoms with Crippen molar-refractivity contribution in [3.8, 4) is 17.1 Å². The van der Waals surface area contributed by atoms with Gasteiger partial charge in [0.15, 0.2) is 5.15 Å². The van der Waals surface area contributed by atoms with Crippen LogP contribution in [-0.2, 0) is 10.0 Å². The molecule has 0 aliphatic heterocycles. The van der Waals surface area contributed by atoms with E-state index in [2.05, 4.69) is 19.7 Å². The van der Waals surface area contributed by atoms with Crippen LogP contribution < -0.4 is 9.46 Å². The van der Waals surface area contributed by atoms with Gasteiger partial charge in [0.1, 0.15) is 11.3 Å².